The predicted octanol–water partition coefficient (Wildman–Crippen LogP) is 2.48. The van der Waals surface area contributed by atoms with Crippen molar-refractivity contribution in [1.82, 2.24) is 5.32 Å². The maximum Gasteiger partial charge on any atom is 0.0139 e. The Morgan fingerprint density at radius 3 is 2.77 bits per heavy atom. The van der Waals surface area contributed by atoms with Gasteiger partial charge in [0, 0.05) is 12.1 Å². The van der Waals surface area contributed by atoms with Gasteiger partial charge < -0.3 is 5.32 Å². The Hall–Kier alpha value is -0.300. The molecule has 1 N–H and O–H groups in total. The van der Waals surface area contributed by atoms with Gasteiger partial charge in [0.1, 0.15) is 0 Å². The lowest BCUT2D eigenvalue weighted by Gasteiger charge is -2.26. The second-order valence-electron chi connectivity index (χ2n) is 5.00. The number of rotatable bonds is 2. The van der Waals surface area contributed by atoms with Crippen LogP contribution in [0.15, 0.2) is 12.2 Å². The molecule has 0 aromatic carbocycles. The Labute approximate surface area is 80.6 Å². The van der Waals surface area contributed by atoms with E-state index in [2.05, 4.69) is 17.5 Å². The first-order chi connectivity index (χ1) is 6.43. The molecule has 1 nitrogen and oxygen atoms in total. The lowest BCUT2D eigenvalue weighted by Crippen LogP contribution is -2.39. The molecule has 13 heavy (non-hydrogen) atoms. The molecule has 3 unspecified atom stereocenters. The van der Waals surface area contributed by atoms with Crippen LogP contribution in [0.25, 0.3) is 0 Å². The standard InChI is InChI=1S/C12H19N/c1-2-6-10(5-1)13-12-7-3-4-9-8-11(9)12/h1-2,9-13H,3-8H2. The molecule has 2 saturated carbocycles. The molecule has 1 heteroatoms. The number of hydrogen-bond donors (Lipinski definition) is 1. The van der Waals surface area contributed by atoms with Gasteiger partial charge in [-0.05, 0) is 37.5 Å². The van der Waals surface area contributed by atoms with E-state index < -0.39 is 0 Å². The fourth-order valence-electron chi connectivity index (χ4n) is 3.17. The highest BCUT2D eigenvalue weighted by Crippen LogP contribution is 2.49. The number of fused-ring (bicyclic) bond motifs is 1. The third-order valence-electron chi connectivity index (χ3n) is 4.04. The van der Waals surface area contributed by atoms with E-state index in [1.165, 1.54) is 38.5 Å². The van der Waals surface area contributed by atoms with Gasteiger partial charge in [-0.1, -0.05) is 25.0 Å². The van der Waals surface area contributed by atoms with Gasteiger partial charge in [0.25, 0.3) is 0 Å². The molecule has 0 spiro atoms. The molecule has 0 saturated heterocycles. The summed E-state index contributed by atoms with van der Waals surface area (Å²) in [6.45, 7) is 0. The van der Waals surface area contributed by atoms with Gasteiger partial charge in [0.2, 0.25) is 0 Å². The van der Waals surface area contributed by atoms with Crippen LogP contribution in [0.2, 0.25) is 0 Å². The highest BCUT2D eigenvalue weighted by Gasteiger charge is 2.45. The van der Waals surface area contributed by atoms with Crippen LogP contribution in [0.1, 0.15) is 38.5 Å². The van der Waals surface area contributed by atoms with Gasteiger partial charge in [-0.3, -0.25) is 0 Å². The van der Waals surface area contributed by atoms with Crippen molar-refractivity contribution in [2.75, 3.05) is 0 Å². The van der Waals surface area contributed by atoms with E-state index in [0.29, 0.717) is 0 Å². The van der Waals surface area contributed by atoms with Crippen LogP contribution in [0.4, 0.5) is 0 Å². The molecule has 3 aliphatic rings. The molecule has 0 radical (unpaired) electrons. The molecule has 3 atom stereocenters. The molecule has 0 aromatic rings. The topological polar surface area (TPSA) is 12.0 Å². The summed E-state index contributed by atoms with van der Waals surface area (Å²) < 4.78 is 0. The van der Waals surface area contributed by atoms with E-state index in [4.69, 9.17) is 0 Å². The highest BCUT2D eigenvalue weighted by molar-refractivity contribution is 5.03. The summed E-state index contributed by atoms with van der Waals surface area (Å²) in [6.07, 6.45) is 13.2. The van der Waals surface area contributed by atoms with Crippen LogP contribution in [-0.4, -0.2) is 12.1 Å². The van der Waals surface area contributed by atoms with Gasteiger partial charge in [0.15, 0.2) is 0 Å². The number of nitrogens with one attached hydrogen (secondary N) is 1. The Balaban J connectivity index is 1.54. The summed E-state index contributed by atoms with van der Waals surface area (Å²) in [4.78, 5) is 0. The number of hydrogen-bond acceptors (Lipinski definition) is 1. The van der Waals surface area contributed by atoms with Crippen molar-refractivity contribution in [2.24, 2.45) is 11.8 Å². The van der Waals surface area contributed by atoms with E-state index in [0.717, 1.165) is 23.9 Å². The van der Waals surface area contributed by atoms with E-state index in [-0.39, 0.29) is 0 Å². The van der Waals surface area contributed by atoms with E-state index in [1.54, 1.807) is 0 Å². The van der Waals surface area contributed by atoms with Gasteiger partial charge in [-0.15, -0.1) is 0 Å². The molecule has 3 aliphatic carbocycles. The van der Waals surface area contributed by atoms with Gasteiger partial charge in [-0.2, -0.15) is 0 Å². The smallest absolute Gasteiger partial charge is 0.0139 e. The predicted molar refractivity (Wildman–Crippen MR) is 54.5 cm³/mol. The summed E-state index contributed by atoms with van der Waals surface area (Å²) in [5.41, 5.74) is 0. The van der Waals surface area contributed by atoms with E-state index >= 15 is 0 Å². The van der Waals surface area contributed by atoms with Crippen LogP contribution in [-0.2, 0) is 0 Å². The summed E-state index contributed by atoms with van der Waals surface area (Å²) in [5, 5.41) is 3.85. The average molecular weight is 177 g/mol. The molecule has 0 bridgehead atoms. The molecule has 0 amide bonds. The molecule has 72 valence electrons. The van der Waals surface area contributed by atoms with Crippen molar-refractivity contribution >= 4 is 0 Å². The lowest BCUT2D eigenvalue weighted by atomic mass is 9.94. The Bertz CT molecular complexity index is 213. The summed E-state index contributed by atoms with van der Waals surface area (Å²) >= 11 is 0. The molecule has 2 fully saturated rings. The van der Waals surface area contributed by atoms with Crippen LogP contribution < -0.4 is 5.32 Å². The monoisotopic (exact) mass is 177 g/mol. The minimum absolute atomic E-state index is 0.782. The van der Waals surface area contributed by atoms with E-state index in [9.17, 15) is 0 Å². The molecule has 0 aliphatic heterocycles. The third kappa shape index (κ3) is 1.54. The molecular weight excluding hydrogens is 158 g/mol. The zero-order valence-electron chi connectivity index (χ0n) is 8.21. The quantitative estimate of drug-likeness (QED) is 0.639. The maximum atomic E-state index is 3.85. The Kier molecular flexibility index (Phi) is 1.93. The van der Waals surface area contributed by atoms with Crippen molar-refractivity contribution in [1.29, 1.82) is 0 Å². The maximum absolute atomic E-state index is 3.85. The van der Waals surface area contributed by atoms with Gasteiger partial charge >= 0.3 is 0 Å². The zero-order valence-corrected chi connectivity index (χ0v) is 8.21. The normalized spacial score (nSPS) is 43.5. The molecular formula is C12H19N. The third-order valence-corrected chi connectivity index (χ3v) is 4.04. The highest BCUT2D eigenvalue weighted by atomic mass is 15.0. The van der Waals surface area contributed by atoms with Crippen molar-refractivity contribution in [3.8, 4) is 0 Å². The van der Waals surface area contributed by atoms with Crippen molar-refractivity contribution in [2.45, 2.75) is 50.6 Å². The lowest BCUT2D eigenvalue weighted by molar-refractivity contribution is 0.323. The minimum atomic E-state index is 0.782. The van der Waals surface area contributed by atoms with Crippen LogP contribution >= 0.6 is 0 Å². The Morgan fingerprint density at radius 1 is 1.08 bits per heavy atom. The van der Waals surface area contributed by atoms with Crippen LogP contribution in [0.3, 0.4) is 0 Å². The van der Waals surface area contributed by atoms with Crippen LogP contribution in [0, 0.1) is 11.8 Å². The summed E-state index contributed by atoms with van der Waals surface area (Å²) in [5.74, 6) is 2.18. The first kappa shape index (κ1) is 8.05. The first-order valence-corrected chi connectivity index (χ1v) is 5.84. The second-order valence-corrected chi connectivity index (χ2v) is 5.00. The fraction of sp³-hybridized carbons (Fsp3) is 0.833. The van der Waals surface area contributed by atoms with Gasteiger partial charge in [-0.25, -0.2) is 0 Å². The van der Waals surface area contributed by atoms with E-state index in [1.807, 2.05) is 0 Å². The Morgan fingerprint density at radius 2 is 1.92 bits per heavy atom. The molecule has 0 aromatic heterocycles. The summed E-state index contributed by atoms with van der Waals surface area (Å²) in [6, 6.07) is 1.66. The van der Waals surface area contributed by atoms with Crippen molar-refractivity contribution in [3.63, 3.8) is 0 Å². The van der Waals surface area contributed by atoms with Gasteiger partial charge in [0.05, 0.1) is 0 Å². The largest absolute Gasteiger partial charge is 0.310 e. The van der Waals surface area contributed by atoms with Crippen molar-refractivity contribution in [3.05, 3.63) is 12.2 Å². The van der Waals surface area contributed by atoms with Crippen LogP contribution in [0.5, 0.6) is 0 Å². The molecule has 0 heterocycles. The fourth-order valence-corrected chi connectivity index (χ4v) is 3.17. The second kappa shape index (κ2) is 3.13. The van der Waals surface area contributed by atoms with Crippen molar-refractivity contribution < 1.29 is 0 Å². The average Bonchev–Trinajstić information content (AvgIpc) is 2.77. The zero-order chi connectivity index (χ0) is 8.67. The minimum Gasteiger partial charge on any atom is -0.310 e. The summed E-state index contributed by atoms with van der Waals surface area (Å²) in [7, 11) is 0. The molecule has 3 rings (SSSR count). The SMILES string of the molecule is C1=CCC(NC2CCCC3CC32)C1. The first-order valence-electron chi connectivity index (χ1n) is 5.84.